The number of carboxylic acid groups (broad SMARTS) is 1. The number of benzene rings is 3. The summed E-state index contributed by atoms with van der Waals surface area (Å²) in [6.07, 6.45) is 1.40. The minimum Gasteiger partial charge on any atom is -0.488 e. The van der Waals surface area contributed by atoms with Gasteiger partial charge in [0.1, 0.15) is 24.0 Å². The van der Waals surface area contributed by atoms with Crippen molar-refractivity contribution in [3.63, 3.8) is 0 Å². The van der Waals surface area contributed by atoms with Crippen LogP contribution in [0.1, 0.15) is 21.5 Å². The zero-order valence-electron chi connectivity index (χ0n) is 16.5. The highest BCUT2D eigenvalue weighted by atomic mass is 35.5. The van der Waals surface area contributed by atoms with Crippen LogP contribution in [0.5, 0.6) is 5.75 Å². The lowest BCUT2D eigenvalue weighted by Gasteiger charge is -2.11. The first-order chi connectivity index (χ1) is 15.4. The first-order valence-electron chi connectivity index (χ1n) is 9.29. The van der Waals surface area contributed by atoms with Crippen molar-refractivity contribution in [2.75, 3.05) is 5.32 Å². The van der Waals surface area contributed by atoms with E-state index in [2.05, 4.69) is 5.32 Å². The van der Waals surface area contributed by atoms with Crippen LogP contribution >= 0.6 is 23.2 Å². The Morgan fingerprint density at radius 3 is 2.56 bits per heavy atom. The number of rotatable bonds is 7. The predicted molar refractivity (Wildman–Crippen MR) is 123 cm³/mol. The third kappa shape index (κ3) is 5.88. The normalized spacial score (nSPS) is 10.8. The summed E-state index contributed by atoms with van der Waals surface area (Å²) in [4.78, 5) is 23.7. The van der Waals surface area contributed by atoms with Gasteiger partial charge >= 0.3 is 5.97 Å². The number of amides is 1. The first kappa shape index (κ1) is 22.9. The third-order valence-electron chi connectivity index (χ3n) is 4.35. The number of anilines is 1. The molecule has 0 bridgehead atoms. The molecule has 1 amide bonds. The molecule has 3 rings (SSSR count). The Hall–Kier alpha value is -3.79. The lowest BCUT2D eigenvalue weighted by molar-refractivity contribution is -0.112. The molecule has 0 heterocycles. The lowest BCUT2D eigenvalue weighted by atomic mass is 10.1. The Morgan fingerprint density at radius 2 is 1.84 bits per heavy atom. The summed E-state index contributed by atoms with van der Waals surface area (Å²) in [6.45, 7) is 0.164. The van der Waals surface area contributed by atoms with Crippen molar-refractivity contribution in [1.82, 2.24) is 0 Å². The van der Waals surface area contributed by atoms with Crippen molar-refractivity contribution in [3.8, 4) is 11.8 Å². The average Bonchev–Trinajstić information content (AvgIpc) is 2.77. The fourth-order valence-corrected chi connectivity index (χ4v) is 3.22. The number of hydrogen-bond acceptors (Lipinski definition) is 4. The van der Waals surface area contributed by atoms with Gasteiger partial charge in [-0.1, -0.05) is 53.5 Å². The summed E-state index contributed by atoms with van der Waals surface area (Å²) in [5, 5.41) is 22.1. The maximum Gasteiger partial charge on any atom is 0.335 e. The van der Waals surface area contributed by atoms with E-state index in [1.807, 2.05) is 6.07 Å². The van der Waals surface area contributed by atoms with E-state index in [-0.39, 0.29) is 23.4 Å². The van der Waals surface area contributed by atoms with Crippen molar-refractivity contribution in [2.45, 2.75) is 6.61 Å². The summed E-state index contributed by atoms with van der Waals surface area (Å²) in [7, 11) is 0. The molecule has 160 valence electrons. The maximum atomic E-state index is 12.6. The summed E-state index contributed by atoms with van der Waals surface area (Å²) >= 11 is 12.1. The Balaban J connectivity index is 1.80. The number of nitrogens with one attached hydrogen (secondary N) is 1. The standard InChI is InChI=1S/C24H16Cl2N2O4/c25-19-9-8-17(21(26)12-19)14-32-22-7-2-1-4-15(22)10-18(13-27)23(29)28-20-6-3-5-16(11-20)24(30)31/h1-12H,14H2,(H,28,29)(H,30,31). The monoisotopic (exact) mass is 466 g/mol. The van der Waals surface area contributed by atoms with E-state index in [1.54, 1.807) is 42.5 Å². The first-order valence-corrected chi connectivity index (χ1v) is 10.0. The van der Waals surface area contributed by atoms with Crippen LogP contribution in [0.25, 0.3) is 6.08 Å². The number of halogens is 2. The van der Waals surface area contributed by atoms with Gasteiger partial charge in [0.25, 0.3) is 5.91 Å². The zero-order valence-corrected chi connectivity index (χ0v) is 18.0. The van der Waals surface area contributed by atoms with Crippen molar-refractivity contribution in [2.24, 2.45) is 0 Å². The van der Waals surface area contributed by atoms with Gasteiger partial charge in [0.2, 0.25) is 0 Å². The highest BCUT2D eigenvalue weighted by Gasteiger charge is 2.13. The minimum atomic E-state index is -1.12. The Morgan fingerprint density at radius 1 is 1.06 bits per heavy atom. The molecular formula is C24H16Cl2N2O4. The molecule has 6 nitrogen and oxygen atoms in total. The van der Waals surface area contributed by atoms with Crippen molar-refractivity contribution >= 4 is 46.8 Å². The van der Waals surface area contributed by atoms with Crippen LogP contribution in [0.4, 0.5) is 5.69 Å². The highest BCUT2D eigenvalue weighted by Crippen LogP contribution is 2.26. The fraction of sp³-hybridized carbons (Fsp3) is 0.0417. The van der Waals surface area contributed by atoms with Crippen LogP contribution < -0.4 is 10.1 Å². The van der Waals surface area contributed by atoms with Gasteiger partial charge in [-0.3, -0.25) is 4.79 Å². The second-order valence-electron chi connectivity index (χ2n) is 6.57. The van der Waals surface area contributed by atoms with Crippen LogP contribution in [0, 0.1) is 11.3 Å². The molecule has 0 unspecified atom stereocenters. The molecule has 0 aliphatic carbocycles. The average molecular weight is 467 g/mol. The number of nitrogens with zero attached hydrogens (tertiary/aromatic N) is 1. The van der Waals surface area contributed by atoms with Crippen LogP contribution in [0.3, 0.4) is 0 Å². The fourth-order valence-electron chi connectivity index (χ4n) is 2.76. The Bertz CT molecular complexity index is 1250. The van der Waals surface area contributed by atoms with E-state index >= 15 is 0 Å². The Kier molecular flexibility index (Phi) is 7.50. The molecule has 0 aliphatic heterocycles. The molecule has 3 aromatic carbocycles. The number of nitriles is 1. The van der Waals surface area contributed by atoms with Crippen LogP contribution in [-0.4, -0.2) is 17.0 Å². The van der Waals surface area contributed by atoms with Crippen molar-refractivity contribution in [1.29, 1.82) is 5.26 Å². The number of carbonyl (C=O) groups excluding carboxylic acids is 1. The molecule has 0 spiro atoms. The number of aromatic carboxylic acids is 1. The SMILES string of the molecule is N#CC(=Cc1ccccc1OCc1ccc(Cl)cc1Cl)C(=O)Nc1cccc(C(=O)O)c1. The van der Waals surface area contributed by atoms with Crippen LogP contribution in [-0.2, 0) is 11.4 Å². The van der Waals surface area contributed by atoms with Gasteiger partial charge < -0.3 is 15.2 Å². The molecule has 0 saturated heterocycles. The van der Waals surface area contributed by atoms with Gasteiger partial charge in [-0.05, 0) is 42.5 Å². The second kappa shape index (κ2) is 10.5. The largest absolute Gasteiger partial charge is 0.488 e. The zero-order chi connectivity index (χ0) is 23.1. The predicted octanol–water partition coefficient (Wildman–Crippen LogP) is 5.82. The molecule has 3 aromatic rings. The van der Waals surface area contributed by atoms with Crippen LogP contribution in [0.15, 0.2) is 72.3 Å². The molecule has 2 N–H and O–H groups in total. The topological polar surface area (TPSA) is 99.4 Å². The maximum absolute atomic E-state index is 12.6. The number of para-hydroxylation sites is 1. The summed E-state index contributed by atoms with van der Waals surface area (Å²) in [5.41, 5.74) is 1.35. The van der Waals surface area contributed by atoms with E-state index in [4.69, 9.17) is 33.0 Å². The molecule has 0 saturated carbocycles. The van der Waals surface area contributed by atoms with E-state index < -0.39 is 11.9 Å². The lowest BCUT2D eigenvalue weighted by Crippen LogP contribution is -2.14. The van der Waals surface area contributed by atoms with Gasteiger partial charge in [-0.25, -0.2) is 4.79 Å². The Labute approximate surface area is 194 Å². The van der Waals surface area contributed by atoms with E-state index in [0.29, 0.717) is 21.4 Å². The van der Waals surface area contributed by atoms with Crippen molar-refractivity contribution < 1.29 is 19.4 Å². The summed E-state index contributed by atoms with van der Waals surface area (Å²) < 4.78 is 5.85. The summed E-state index contributed by atoms with van der Waals surface area (Å²) in [6, 6.07) is 19.6. The number of ether oxygens (including phenoxy) is 1. The molecule has 0 atom stereocenters. The van der Waals surface area contributed by atoms with Gasteiger partial charge in [0.05, 0.1) is 5.56 Å². The molecule has 0 aliphatic rings. The van der Waals surface area contributed by atoms with Gasteiger partial charge in [-0.15, -0.1) is 0 Å². The molecular weight excluding hydrogens is 451 g/mol. The molecule has 8 heteroatoms. The molecule has 0 aromatic heterocycles. The van der Waals surface area contributed by atoms with Gasteiger partial charge in [0.15, 0.2) is 0 Å². The third-order valence-corrected chi connectivity index (χ3v) is 4.94. The number of hydrogen-bond donors (Lipinski definition) is 2. The number of carboxylic acids is 1. The van der Waals surface area contributed by atoms with Gasteiger partial charge in [-0.2, -0.15) is 5.26 Å². The quantitative estimate of drug-likeness (QED) is 0.337. The second-order valence-corrected chi connectivity index (χ2v) is 7.42. The molecule has 0 radical (unpaired) electrons. The smallest absolute Gasteiger partial charge is 0.335 e. The summed E-state index contributed by atoms with van der Waals surface area (Å²) in [5.74, 6) is -1.35. The van der Waals surface area contributed by atoms with Gasteiger partial charge in [0, 0.05) is 26.9 Å². The van der Waals surface area contributed by atoms with E-state index in [0.717, 1.165) is 5.56 Å². The highest BCUT2D eigenvalue weighted by molar-refractivity contribution is 6.35. The van der Waals surface area contributed by atoms with Crippen molar-refractivity contribution in [3.05, 3.63) is 99.0 Å². The van der Waals surface area contributed by atoms with E-state index in [1.165, 1.54) is 30.3 Å². The number of carbonyl (C=O) groups is 2. The molecule has 0 fully saturated rings. The van der Waals surface area contributed by atoms with E-state index in [9.17, 15) is 14.9 Å². The minimum absolute atomic E-state index is 0.0184. The molecule has 32 heavy (non-hydrogen) atoms. The van der Waals surface area contributed by atoms with Crippen LogP contribution in [0.2, 0.25) is 10.0 Å².